The summed E-state index contributed by atoms with van der Waals surface area (Å²) >= 11 is 3.46. The van der Waals surface area contributed by atoms with Gasteiger partial charge in [-0.15, -0.1) is 0 Å². The Bertz CT molecular complexity index is 977. The summed E-state index contributed by atoms with van der Waals surface area (Å²) in [6, 6.07) is 9.12. The molecule has 0 aromatic heterocycles. The van der Waals surface area contributed by atoms with Gasteiger partial charge in [-0.2, -0.15) is 0 Å². The summed E-state index contributed by atoms with van der Waals surface area (Å²) in [5, 5.41) is 2.59. The Hall–Kier alpha value is -2.87. The second-order valence-electron chi connectivity index (χ2n) is 6.39. The number of hydrogen-bond acceptors (Lipinski definition) is 4. The first kappa shape index (κ1) is 20.9. The van der Waals surface area contributed by atoms with Crippen LogP contribution in [0.5, 0.6) is 11.5 Å². The molecule has 1 aliphatic rings. The van der Waals surface area contributed by atoms with Gasteiger partial charge < -0.3 is 14.8 Å². The minimum Gasteiger partial charge on any atom is -0.493 e. The summed E-state index contributed by atoms with van der Waals surface area (Å²) in [6.07, 6.45) is 2.26. The van der Waals surface area contributed by atoms with Crippen molar-refractivity contribution < 1.29 is 23.5 Å². The van der Waals surface area contributed by atoms with Crippen molar-refractivity contribution in [3.63, 3.8) is 0 Å². The molecule has 152 valence electrons. The smallest absolute Gasteiger partial charge is 0.329 e. The Morgan fingerprint density at radius 2 is 2.00 bits per heavy atom. The molecule has 1 N–H and O–H groups in total. The van der Waals surface area contributed by atoms with Crippen molar-refractivity contribution >= 4 is 33.9 Å². The fourth-order valence-electron chi connectivity index (χ4n) is 2.88. The molecule has 3 rings (SSSR count). The normalized spacial score (nSPS) is 15.0. The fourth-order valence-corrected chi connectivity index (χ4v) is 3.31. The van der Waals surface area contributed by atoms with Crippen molar-refractivity contribution in [2.24, 2.45) is 0 Å². The number of nitrogens with zero attached hydrogens (tertiary/aromatic N) is 1. The van der Waals surface area contributed by atoms with Crippen molar-refractivity contribution in [3.8, 4) is 11.5 Å². The average Bonchev–Trinajstić information content (AvgIpc) is 2.96. The number of imide groups is 1. The van der Waals surface area contributed by atoms with Gasteiger partial charge in [0.2, 0.25) is 0 Å². The third-order valence-electron chi connectivity index (χ3n) is 4.28. The van der Waals surface area contributed by atoms with Crippen molar-refractivity contribution in [1.29, 1.82) is 0 Å². The number of halogens is 2. The van der Waals surface area contributed by atoms with E-state index in [0.29, 0.717) is 40.1 Å². The van der Waals surface area contributed by atoms with Gasteiger partial charge in [0.05, 0.1) is 7.11 Å². The molecule has 0 aliphatic carbocycles. The number of methoxy groups -OCH3 is 1. The van der Waals surface area contributed by atoms with Crippen LogP contribution < -0.4 is 14.8 Å². The molecule has 6 nitrogen and oxygen atoms in total. The first-order valence-electron chi connectivity index (χ1n) is 9.02. The van der Waals surface area contributed by atoms with Crippen LogP contribution in [0.15, 0.2) is 46.6 Å². The summed E-state index contributed by atoms with van der Waals surface area (Å²) in [6.45, 7) is 2.42. The molecule has 0 radical (unpaired) electrons. The molecule has 1 fully saturated rings. The van der Waals surface area contributed by atoms with Crippen LogP contribution in [0.25, 0.3) is 6.08 Å². The lowest BCUT2D eigenvalue weighted by Gasteiger charge is -2.13. The van der Waals surface area contributed by atoms with E-state index in [4.69, 9.17) is 9.47 Å². The maximum Gasteiger partial charge on any atom is 0.329 e. The van der Waals surface area contributed by atoms with Crippen LogP contribution in [0.2, 0.25) is 0 Å². The van der Waals surface area contributed by atoms with Crippen molar-refractivity contribution in [2.45, 2.75) is 20.0 Å². The van der Waals surface area contributed by atoms with Crippen LogP contribution in [0.3, 0.4) is 0 Å². The van der Waals surface area contributed by atoms with E-state index in [0.717, 1.165) is 0 Å². The van der Waals surface area contributed by atoms with Gasteiger partial charge in [-0.1, -0.05) is 35.0 Å². The van der Waals surface area contributed by atoms with Gasteiger partial charge in [0.1, 0.15) is 18.1 Å². The summed E-state index contributed by atoms with van der Waals surface area (Å²) in [7, 11) is 1.50. The van der Waals surface area contributed by atoms with Gasteiger partial charge in [-0.05, 0) is 47.9 Å². The van der Waals surface area contributed by atoms with E-state index in [1.807, 2.05) is 6.92 Å². The number of carbonyl (C=O) groups excluding carboxylic acids is 2. The first-order valence-corrected chi connectivity index (χ1v) is 9.81. The number of benzene rings is 2. The third-order valence-corrected chi connectivity index (χ3v) is 4.96. The second kappa shape index (κ2) is 9.09. The molecule has 1 aliphatic heterocycles. The lowest BCUT2D eigenvalue weighted by Crippen LogP contribution is -2.31. The van der Waals surface area contributed by atoms with E-state index in [9.17, 15) is 14.0 Å². The number of hydrogen-bond donors (Lipinski definition) is 1. The van der Waals surface area contributed by atoms with Gasteiger partial charge >= 0.3 is 6.03 Å². The quantitative estimate of drug-likeness (QED) is 0.486. The molecule has 1 heterocycles. The molecule has 8 heteroatoms. The molecule has 29 heavy (non-hydrogen) atoms. The Morgan fingerprint density at radius 1 is 1.21 bits per heavy atom. The molecule has 2 aromatic rings. The van der Waals surface area contributed by atoms with Crippen molar-refractivity contribution in [3.05, 3.63) is 63.5 Å². The summed E-state index contributed by atoms with van der Waals surface area (Å²) in [4.78, 5) is 25.5. The minimum atomic E-state index is -0.429. The topological polar surface area (TPSA) is 67.9 Å². The maximum absolute atomic E-state index is 13.3. The Morgan fingerprint density at radius 3 is 2.69 bits per heavy atom. The predicted molar refractivity (Wildman–Crippen MR) is 110 cm³/mol. The molecular formula is C21H20BrFN2O4. The number of rotatable bonds is 7. The maximum atomic E-state index is 13.3. The van der Waals surface area contributed by atoms with Crippen LogP contribution in [0.1, 0.15) is 24.5 Å². The van der Waals surface area contributed by atoms with Gasteiger partial charge in [0, 0.05) is 11.0 Å². The van der Waals surface area contributed by atoms with E-state index in [2.05, 4.69) is 21.2 Å². The zero-order valence-electron chi connectivity index (χ0n) is 16.0. The van der Waals surface area contributed by atoms with Gasteiger partial charge in [0.15, 0.2) is 11.5 Å². The van der Waals surface area contributed by atoms with E-state index in [1.165, 1.54) is 24.1 Å². The van der Waals surface area contributed by atoms with Crippen LogP contribution >= 0.6 is 15.9 Å². The summed E-state index contributed by atoms with van der Waals surface area (Å²) in [5.41, 5.74) is 1.52. The number of nitrogens with one attached hydrogen (secondary N) is 1. The highest BCUT2D eigenvalue weighted by Gasteiger charge is 2.32. The molecule has 1 saturated heterocycles. The van der Waals surface area contributed by atoms with E-state index in [1.54, 1.807) is 30.3 Å². The number of urea groups is 1. The van der Waals surface area contributed by atoms with E-state index in [-0.39, 0.29) is 24.0 Å². The van der Waals surface area contributed by atoms with Gasteiger partial charge in [-0.25, -0.2) is 9.18 Å². The van der Waals surface area contributed by atoms with E-state index >= 15 is 0 Å². The van der Waals surface area contributed by atoms with Crippen LogP contribution in [0, 0.1) is 5.82 Å². The number of amides is 3. The Balaban J connectivity index is 1.83. The lowest BCUT2D eigenvalue weighted by molar-refractivity contribution is -0.122. The highest BCUT2D eigenvalue weighted by atomic mass is 79.9. The number of ether oxygens (including phenoxy) is 2. The van der Waals surface area contributed by atoms with E-state index < -0.39 is 6.03 Å². The SMILES string of the molecule is CCCN1C(=O)N/C(=C/c2cc(OC)c(OCc3cccc(F)c3)cc2Br)C1=O. The summed E-state index contributed by atoms with van der Waals surface area (Å²) < 4.78 is 25.1. The van der Waals surface area contributed by atoms with Gasteiger partial charge in [0.25, 0.3) is 5.91 Å². The molecule has 0 spiro atoms. The van der Waals surface area contributed by atoms with Crippen LogP contribution in [0.4, 0.5) is 9.18 Å². The number of carbonyl (C=O) groups is 2. The van der Waals surface area contributed by atoms with Crippen LogP contribution in [-0.4, -0.2) is 30.5 Å². The minimum absolute atomic E-state index is 0.168. The molecule has 2 aromatic carbocycles. The van der Waals surface area contributed by atoms with Crippen molar-refractivity contribution in [2.75, 3.05) is 13.7 Å². The molecule has 0 saturated carbocycles. The molecule has 0 unspecified atom stereocenters. The lowest BCUT2D eigenvalue weighted by atomic mass is 10.1. The summed E-state index contributed by atoms with van der Waals surface area (Å²) in [5.74, 6) is 0.203. The second-order valence-corrected chi connectivity index (χ2v) is 7.24. The van der Waals surface area contributed by atoms with Crippen LogP contribution in [-0.2, 0) is 11.4 Å². The molecule has 0 bridgehead atoms. The van der Waals surface area contributed by atoms with Crippen molar-refractivity contribution in [1.82, 2.24) is 10.2 Å². The first-order chi connectivity index (χ1) is 13.9. The zero-order chi connectivity index (χ0) is 21.0. The molecule has 0 atom stereocenters. The monoisotopic (exact) mass is 462 g/mol. The highest BCUT2D eigenvalue weighted by molar-refractivity contribution is 9.10. The Kier molecular flexibility index (Phi) is 6.53. The van der Waals surface area contributed by atoms with Gasteiger partial charge in [-0.3, -0.25) is 9.69 Å². The largest absolute Gasteiger partial charge is 0.493 e. The Labute approximate surface area is 176 Å². The molecular weight excluding hydrogens is 443 g/mol. The zero-order valence-corrected chi connectivity index (χ0v) is 17.6. The third kappa shape index (κ3) is 4.76. The highest BCUT2D eigenvalue weighted by Crippen LogP contribution is 2.35. The fraction of sp³-hybridized carbons (Fsp3) is 0.238. The predicted octanol–water partition coefficient (Wildman–Crippen LogP) is 4.48. The molecule has 3 amide bonds. The standard InChI is InChI=1S/C21H20BrFN2O4/c1-3-7-25-20(26)17(24-21(25)27)9-14-10-18(28-2)19(11-16(14)22)29-12-13-5-4-6-15(23)8-13/h4-6,8-11H,3,7,12H2,1-2H3,(H,24,27)/b17-9+. The average molecular weight is 463 g/mol.